The van der Waals surface area contributed by atoms with Crippen LogP contribution in [0.15, 0.2) is 0 Å². The van der Waals surface area contributed by atoms with Crippen molar-refractivity contribution in [3.05, 3.63) is 0 Å². The summed E-state index contributed by atoms with van der Waals surface area (Å²) in [4.78, 5) is 11.0. The van der Waals surface area contributed by atoms with Gasteiger partial charge in [0.05, 0.1) is 27.0 Å². The largest absolute Gasteiger partial charge is 0.378 e. The third-order valence-electron chi connectivity index (χ3n) is 1.09. The molecule has 0 heterocycles. The first-order valence-corrected chi connectivity index (χ1v) is 3.53. The lowest BCUT2D eigenvalue weighted by atomic mass is 10.3. The molecule has 0 aromatic heterocycles. The molecule has 0 saturated carbocycles. The number of hydrogen-bond acceptors (Lipinski definition) is 2. The van der Waals surface area contributed by atoms with E-state index in [-0.39, 0.29) is 16.3 Å². The second kappa shape index (κ2) is 3.32. The molecule has 0 radical (unpaired) electrons. The highest BCUT2D eigenvalue weighted by Gasteiger charge is 2.27. The molecule has 0 rings (SSSR count). The molecule has 0 saturated heterocycles. The lowest BCUT2D eigenvalue weighted by molar-refractivity contribution is -0.793. The number of rotatable bonds is 2. The van der Waals surface area contributed by atoms with E-state index in [1.165, 1.54) is 0 Å². The first-order chi connectivity index (χ1) is 4.39. The Labute approximate surface area is 65.8 Å². The minimum absolute atomic E-state index is 0.0334. The molecule has 3 nitrogen and oxygen atoms in total. The number of hydrogen-bond donors (Lipinski definition) is 1. The van der Waals surface area contributed by atoms with Crippen molar-refractivity contribution >= 4 is 17.5 Å². The van der Waals surface area contributed by atoms with Crippen molar-refractivity contribution < 1.29 is 14.4 Å². The van der Waals surface area contributed by atoms with Gasteiger partial charge in [0.15, 0.2) is 6.10 Å². The first-order valence-electron chi connectivity index (χ1n) is 2.99. The quantitative estimate of drug-likeness (QED) is 0.457. The minimum atomic E-state index is -1.04. The molecule has 0 bridgehead atoms. The summed E-state index contributed by atoms with van der Waals surface area (Å²) in [7, 11) is 5.08. The highest BCUT2D eigenvalue weighted by atomic mass is 35.5. The van der Waals surface area contributed by atoms with Crippen LogP contribution < -0.4 is 0 Å². The fourth-order valence-electron chi connectivity index (χ4n) is 0.513. The Morgan fingerprint density at radius 3 is 2.10 bits per heavy atom. The molecule has 0 aliphatic carbocycles. The van der Waals surface area contributed by atoms with Crippen molar-refractivity contribution in [1.82, 2.24) is 0 Å². The summed E-state index contributed by atoms with van der Waals surface area (Å²) in [5, 5.41) is 8.96. The van der Waals surface area contributed by atoms with E-state index >= 15 is 0 Å². The van der Waals surface area contributed by atoms with E-state index in [0.717, 1.165) is 0 Å². The monoisotopic (exact) mass is 166 g/mol. The van der Waals surface area contributed by atoms with Crippen molar-refractivity contribution in [2.45, 2.75) is 6.10 Å². The van der Waals surface area contributed by atoms with Gasteiger partial charge < -0.3 is 5.11 Å². The zero-order chi connectivity index (χ0) is 8.36. The zero-order valence-corrected chi connectivity index (χ0v) is 7.22. The summed E-state index contributed by atoms with van der Waals surface area (Å²) in [6, 6.07) is 0. The third-order valence-corrected chi connectivity index (χ3v) is 1.38. The maximum absolute atomic E-state index is 11.0. The fourth-order valence-corrected chi connectivity index (χ4v) is 0.645. The molecule has 1 amide bonds. The van der Waals surface area contributed by atoms with Crippen molar-refractivity contribution in [2.75, 3.05) is 27.0 Å². The van der Waals surface area contributed by atoms with E-state index in [1.54, 1.807) is 21.1 Å². The molecule has 0 aromatic carbocycles. The number of carbonyl (C=O) groups is 1. The number of halogens is 1. The highest BCUT2D eigenvalue weighted by Crippen LogP contribution is 1.99. The second-order valence-corrected chi connectivity index (χ2v) is 3.33. The van der Waals surface area contributed by atoms with Crippen LogP contribution in [-0.4, -0.2) is 48.6 Å². The summed E-state index contributed by atoms with van der Waals surface area (Å²) < 4.78 is 0.105. The van der Waals surface area contributed by atoms with E-state index in [2.05, 4.69) is 0 Å². The lowest BCUT2D eigenvalue weighted by Gasteiger charge is -2.22. The van der Waals surface area contributed by atoms with Gasteiger partial charge >= 0.3 is 5.91 Å². The molecular formula is C6H13ClNO2+. The maximum Gasteiger partial charge on any atom is 0.342 e. The van der Waals surface area contributed by atoms with Gasteiger partial charge in [-0.25, -0.2) is 4.79 Å². The molecule has 10 heavy (non-hydrogen) atoms. The minimum Gasteiger partial charge on any atom is -0.378 e. The predicted octanol–water partition coefficient (Wildman–Crippen LogP) is -0.181. The van der Waals surface area contributed by atoms with Crippen LogP contribution in [0.2, 0.25) is 0 Å². The molecule has 4 heteroatoms. The number of nitrogens with zero attached hydrogens (tertiary/aromatic N) is 1. The molecule has 0 aromatic rings. The van der Waals surface area contributed by atoms with E-state index in [1.807, 2.05) is 0 Å². The van der Waals surface area contributed by atoms with Crippen LogP contribution in [0.3, 0.4) is 0 Å². The van der Waals surface area contributed by atoms with Crippen LogP contribution in [0.1, 0.15) is 0 Å². The van der Waals surface area contributed by atoms with Gasteiger partial charge in [-0.2, -0.15) is 0 Å². The average molecular weight is 167 g/mol. The van der Waals surface area contributed by atoms with Crippen LogP contribution in [-0.2, 0) is 4.79 Å². The van der Waals surface area contributed by atoms with E-state index in [9.17, 15) is 4.79 Å². The molecule has 1 atom stereocenters. The van der Waals surface area contributed by atoms with Gasteiger partial charge in [-0.15, -0.1) is 11.6 Å². The SMILES string of the molecule is C[N+](C)(C)C(=O)C(O)CCl. The van der Waals surface area contributed by atoms with Gasteiger partial charge in [0.25, 0.3) is 0 Å². The van der Waals surface area contributed by atoms with Gasteiger partial charge in [0.2, 0.25) is 0 Å². The van der Waals surface area contributed by atoms with E-state index < -0.39 is 6.10 Å². The third kappa shape index (κ3) is 2.64. The summed E-state index contributed by atoms with van der Waals surface area (Å²) in [5.41, 5.74) is 0. The van der Waals surface area contributed by atoms with Crippen LogP contribution in [0.25, 0.3) is 0 Å². The Morgan fingerprint density at radius 1 is 1.60 bits per heavy atom. The van der Waals surface area contributed by atoms with E-state index in [4.69, 9.17) is 16.7 Å². The van der Waals surface area contributed by atoms with Gasteiger partial charge in [0, 0.05) is 0 Å². The van der Waals surface area contributed by atoms with Gasteiger partial charge in [-0.3, -0.25) is 4.48 Å². The molecule has 0 spiro atoms. The summed E-state index contributed by atoms with van der Waals surface area (Å²) >= 11 is 5.27. The van der Waals surface area contributed by atoms with Gasteiger partial charge in [-0.1, -0.05) is 0 Å². The molecular weight excluding hydrogens is 154 g/mol. The Hall–Kier alpha value is -0.120. The smallest absolute Gasteiger partial charge is 0.342 e. The maximum atomic E-state index is 11.0. The molecule has 0 fully saturated rings. The first kappa shape index (κ1) is 9.88. The average Bonchev–Trinajstić information content (AvgIpc) is 1.83. The number of carbonyl (C=O) groups excluding carboxylic acids is 1. The zero-order valence-electron chi connectivity index (χ0n) is 6.47. The second-order valence-electron chi connectivity index (χ2n) is 3.02. The fraction of sp³-hybridized carbons (Fsp3) is 0.833. The number of likely N-dealkylation sites (N-methyl/N-ethyl adjacent to an activating group) is 1. The number of aliphatic hydroxyl groups excluding tert-OH is 1. The highest BCUT2D eigenvalue weighted by molar-refractivity contribution is 6.19. The van der Waals surface area contributed by atoms with Crippen molar-refractivity contribution in [3.8, 4) is 0 Å². The number of aliphatic hydroxyl groups is 1. The summed E-state index contributed by atoms with van der Waals surface area (Å²) in [6.45, 7) is 0. The number of amides is 1. The van der Waals surface area contributed by atoms with Crippen molar-refractivity contribution in [2.24, 2.45) is 0 Å². The van der Waals surface area contributed by atoms with Crippen LogP contribution >= 0.6 is 11.6 Å². The molecule has 60 valence electrons. The van der Waals surface area contributed by atoms with Crippen molar-refractivity contribution in [1.29, 1.82) is 0 Å². The lowest BCUT2D eigenvalue weighted by Crippen LogP contribution is -2.48. The molecule has 1 N–H and O–H groups in total. The Morgan fingerprint density at radius 2 is 2.00 bits per heavy atom. The van der Waals surface area contributed by atoms with Gasteiger partial charge in [-0.05, 0) is 0 Å². The summed E-state index contributed by atoms with van der Waals surface area (Å²) in [5.74, 6) is -0.302. The standard InChI is InChI=1S/C6H13ClNO2/c1-8(2,3)6(10)5(9)4-7/h5,9H,4H2,1-3H3/q+1. The Balaban J connectivity index is 4.09. The molecule has 0 aliphatic heterocycles. The topological polar surface area (TPSA) is 37.3 Å². The number of alkyl halides is 1. The normalized spacial score (nSPS) is 14.9. The Bertz CT molecular complexity index is 130. The molecule has 0 aliphatic rings. The van der Waals surface area contributed by atoms with Crippen LogP contribution in [0, 0.1) is 0 Å². The predicted molar refractivity (Wildman–Crippen MR) is 39.8 cm³/mol. The Kier molecular flexibility index (Phi) is 3.28. The van der Waals surface area contributed by atoms with E-state index in [0.29, 0.717) is 0 Å². The van der Waals surface area contributed by atoms with Crippen LogP contribution in [0.4, 0.5) is 0 Å². The van der Waals surface area contributed by atoms with Crippen molar-refractivity contribution in [3.63, 3.8) is 0 Å². The van der Waals surface area contributed by atoms with Crippen LogP contribution in [0.5, 0.6) is 0 Å². The number of quaternary nitrogens is 1. The van der Waals surface area contributed by atoms with Gasteiger partial charge in [0.1, 0.15) is 0 Å². The summed E-state index contributed by atoms with van der Waals surface area (Å²) in [6.07, 6.45) is -1.04. The molecule has 1 unspecified atom stereocenters.